The smallest absolute Gasteiger partial charge is 0.0719 e. The first-order valence-corrected chi connectivity index (χ1v) is 24.0. The highest BCUT2D eigenvalue weighted by molar-refractivity contribution is 7.27. The fraction of sp³-hybridized carbons (Fsp3) is 0.0164. The minimum atomic E-state index is -0.538. The summed E-state index contributed by atoms with van der Waals surface area (Å²) in [6, 6.07) is 81.9. The van der Waals surface area contributed by atoms with Crippen molar-refractivity contribution in [1.29, 1.82) is 0 Å². The summed E-state index contributed by atoms with van der Waals surface area (Å²) in [4.78, 5) is 0. The third-order valence-electron chi connectivity index (χ3n) is 14.4. The van der Waals surface area contributed by atoms with E-state index < -0.39 is 5.41 Å². The normalized spacial score (nSPS) is 13.4. The van der Waals surface area contributed by atoms with Crippen molar-refractivity contribution in [2.24, 2.45) is 0 Å². The number of hydrogen-bond acceptors (Lipinski definition) is 2. The Hall–Kier alpha value is -7.76. The topological polar surface area (TPSA) is 9.86 Å². The van der Waals surface area contributed by atoms with Gasteiger partial charge in [-0.05, 0) is 81.9 Å². The molecule has 0 saturated heterocycles. The van der Waals surface area contributed by atoms with E-state index in [9.17, 15) is 0 Å². The summed E-state index contributed by atoms with van der Waals surface area (Å²) in [5.74, 6) is 0. The molecule has 1 aliphatic rings. The van der Waals surface area contributed by atoms with Gasteiger partial charge < -0.3 is 9.13 Å². The molecule has 4 aromatic heterocycles. The Labute approximate surface area is 382 Å². The summed E-state index contributed by atoms with van der Waals surface area (Å²) in [6.07, 6.45) is 0. The third kappa shape index (κ3) is 4.67. The lowest BCUT2D eigenvalue weighted by molar-refractivity contribution is 0.767. The number of thiophene rings is 2. The number of hydrogen-bond donors (Lipinski definition) is 0. The van der Waals surface area contributed by atoms with E-state index in [2.05, 4.69) is 228 Å². The molecule has 0 fully saturated rings. The van der Waals surface area contributed by atoms with Crippen molar-refractivity contribution >= 4 is 107 Å². The zero-order chi connectivity index (χ0) is 42.4. The van der Waals surface area contributed by atoms with E-state index >= 15 is 0 Å². The summed E-state index contributed by atoms with van der Waals surface area (Å²) in [7, 11) is 0. The second-order valence-corrected chi connectivity index (χ2v) is 19.6. The summed E-state index contributed by atoms with van der Waals surface area (Å²) in [5, 5.41) is 10.4. The van der Waals surface area contributed by atoms with Crippen LogP contribution in [-0.2, 0) is 5.41 Å². The number of fused-ring (bicyclic) bond motifs is 17. The first-order chi connectivity index (χ1) is 32.3. The lowest BCUT2D eigenvalue weighted by atomic mass is 9.67. The van der Waals surface area contributed by atoms with Gasteiger partial charge in [-0.1, -0.05) is 170 Å². The standard InChI is InChI=1S/C61H36N2S2/c1-7-19-51-41(13-1)42-14-2-8-20-52(42)61(51,37-25-29-39(30-26-37)62-53-21-9-3-15-43(53)47-33-35-49-45-17-5-11-23-55(45)64-59(49)57(47)62)38-27-31-40(32-28-38)63-54-22-10-4-16-44(54)48-34-36-50-46-18-6-12-24-56(46)65-60(50)58(48)63/h1-36H. The fourth-order valence-corrected chi connectivity index (χ4v) is 14.2. The molecule has 0 unspecified atom stereocenters. The molecule has 0 aliphatic heterocycles. The van der Waals surface area contributed by atoms with Crippen LogP contribution in [0, 0.1) is 0 Å². The second kappa shape index (κ2) is 13.1. The molecule has 302 valence electrons. The molecule has 0 N–H and O–H groups in total. The monoisotopic (exact) mass is 860 g/mol. The molecule has 4 heterocycles. The van der Waals surface area contributed by atoms with Crippen LogP contribution in [0.2, 0.25) is 0 Å². The van der Waals surface area contributed by atoms with Gasteiger partial charge in [0.2, 0.25) is 0 Å². The highest BCUT2D eigenvalue weighted by Crippen LogP contribution is 2.56. The van der Waals surface area contributed by atoms with Gasteiger partial charge in [0.15, 0.2) is 0 Å². The quantitative estimate of drug-likeness (QED) is 0.167. The second-order valence-electron chi connectivity index (χ2n) is 17.5. The van der Waals surface area contributed by atoms with Crippen molar-refractivity contribution in [3.8, 4) is 22.5 Å². The highest BCUT2D eigenvalue weighted by Gasteiger charge is 2.46. The van der Waals surface area contributed by atoms with Crippen molar-refractivity contribution in [2.75, 3.05) is 0 Å². The summed E-state index contributed by atoms with van der Waals surface area (Å²) < 4.78 is 10.3. The molecule has 14 aromatic rings. The van der Waals surface area contributed by atoms with Crippen LogP contribution in [-0.4, -0.2) is 9.13 Å². The average Bonchev–Trinajstić information content (AvgIpc) is 4.17. The van der Waals surface area contributed by atoms with Gasteiger partial charge in [0.1, 0.15) is 0 Å². The molecular weight excluding hydrogens is 825 g/mol. The largest absolute Gasteiger partial charge is 0.308 e. The van der Waals surface area contributed by atoms with Crippen LogP contribution < -0.4 is 0 Å². The molecule has 10 aromatic carbocycles. The molecule has 1 aliphatic carbocycles. The van der Waals surface area contributed by atoms with Crippen LogP contribution in [0.15, 0.2) is 218 Å². The molecule has 0 bridgehead atoms. The van der Waals surface area contributed by atoms with Gasteiger partial charge in [-0.25, -0.2) is 0 Å². The Morgan fingerprint density at radius 1 is 0.292 bits per heavy atom. The molecule has 0 saturated carbocycles. The number of rotatable bonds is 4. The Kier molecular flexibility index (Phi) is 7.22. The van der Waals surface area contributed by atoms with Gasteiger partial charge in [-0.15, -0.1) is 22.7 Å². The number of aromatic nitrogens is 2. The van der Waals surface area contributed by atoms with Crippen LogP contribution in [0.1, 0.15) is 22.3 Å². The molecule has 2 nitrogen and oxygen atoms in total. The Morgan fingerprint density at radius 2 is 0.662 bits per heavy atom. The SMILES string of the molecule is c1ccc2c(c1)-c1ccccc1C2(c1ccc(-n2c3ccccc3c3ccc4c5ccccc5sc4c32)cc1)c1ccc(-n2c3ccccc3c3ccc4c5ccccc5sc4c32)cc1. The van der Waals surface area contributed by atoms with Crippen molar-refractivity contribution in [2.45, 2.75) is 5.41 Å². The molecule has 4 heteroatoms. The summed E-state index contributed by atoms with van der Waals surface area (Å²) >= 11 is 3.80. The van der Waals surface area contributed by atoms with Crippen LogP contribution in [0.25, 0.3) is 106 Å². The number of benzene rings is 10. The molecule has 0 spiro atoms. The minimum Gasteiger partial charge on any atom is -0.308 e. The van der Waals surface area contributed by atoms with E-state index in [1.807, 2.05) is 22.7 Å². The van der Waals surface area contributed by atoms with Crippen molar-refractivity contribution < 1.29 is 0 Å². The first kappa shape index (κ1) is 35.7. The number of nitrogens with zero attached hydrogens (tertiary/aromatic N) is 2. The maximum Gasteiger partial charge on any atom is 0.0719 e. The minimum absolute atomic E-state index is 0.538. The van der Waals surface area contributed by atoms with Crippen molar-refractivity contribution in [3.05, 3.63) is 241 Å². The van der Waals surface area contributed by atoms with Crippen molar-refractivity contribution in [3.63, 3.8) is 0 Å². The van der Waals surface area contributed by atoms with Gasteiger partial charge in [0.05, 0.1) is 36.9 Å². The van der Waals surface area contributed by atoms with Crippen LogP contribution in [0.3, 0.4) is 0 Å². The predicted molar refractivity (Wildman–Crippen MR) is 278 cm³/mol. The zero-order valence-electron chi connectivity index (χ0n) is 35.0. The maximum absolute atomic E-state index is 2.50. The Morgan fingerprint density at radius 3 is 1.12 bits per heavy atom. The predicted octanol–water partition coefficient (Wildman–Crippen LogP) is 17.0. The van der Waals surface area contributed by atoms with Gasteiger partial charge in [0.25, 0.3) is 0 Å². The summed E-state index contributed by atoms with van der Waals surface area (Å²) in [5.41, 5.74) is 14.5. The van der Waals surface area contributed by atoms with E-state index in [1.54, 1.807) is 0 Å². The maximum atomic E-state index is 2.50. The van der Waals surface area contributed by atoms with E-state index in [-0.39, 0.29) is 0 Å². The number of para-hydroxylation sites is 2. The van der Waals surface area contributed by atoms with E-state index in [0.717, 1.165) is 11.4 Å². The Balaban J connectivity index is 0.956. The summed E-state index contributed by atoms with van der Waals surface area (Å²) in [6.45, 7) is 0. The molecule has 0 atom stereocenters. The first-order valence-electron chi connectivity index (χ1n) is 22.3. The fourth-order valence-electron chi connectivity index (χ4n) is 11.7. The van der Waals surface area contributed by atoms with Crippen molar-refractivity contribution in [1.82, 2.24) is 9.13 Å². The molecule has 0 amide bonds. The van der Waals surface area contributed by atoms with Gasteiger partial charge in [-0.2, -0.15) is 0 Å². The molecule has 65 heavy (non-hydrogen) atoms. The average molecular weight is 861 g/mol. The van der Waals surface area contributed by atoms with E-state index in [0.29, 0.717) is 0 Å². The van der Waals surface area contributed by atoms with Gasteiger partial charge >= 0.3 is 0 Å². The highest BCUT2D eigenvalue weighted by atomic mass is 32.1. The lowest BCUT2D eigenvalue weighted by Crippen LogP contribution is -2.28. The Bertz CT molecular complexity index is 4010. The lowest BCUT2D eigenvalue weighted by Gasteiger charge is -2.34. The van der Waals surface area contributed by atoms with Crippen LogP contribution in [0.4, 0.5) is 0 Å². The zero-order valence-corrected chi connectivity index (χ0v) is 36.6. The third-order valence-corrected chi connectivity index (χ3v) is 16.8. The molecule has 0 radical (unpaired) electrons. The molecular formula is C61H36N2S2. The van der Waals surface area contributed by atoms with Crippen LogP contribution in [0.5, 0.6) is 0 Å². The van der Waals surface area contributed by atoms with E-state index in [4.69, 9.17) is 0 Å². The van der Waals surface area contributed by atoms with Gasteiger partial charge in [0, 0.05) is 63.9 Å². The molecule has 15 rings (SSSR count). The van der Waals surface area contributed by atoms with E-state index in [1.165, 1.54) is 117 Å². The van der Waals surface area contributed by atoms with Crippen LogP contribution >= 0.6 is 22.7 Å². The van der Waals surface area contributed by atoms with Gasteiger partial charge in [-0.3, -0.25) is 0 Å².